The first-order chi connectivity index (χ1) is 18.8. The van der Waals surface area contributed by atoms with Gasteiger partial charge in [-0.3, -0.25) is 19.1 Å². The third-order valence-electron chi connectivity index (χ3n) is 7.59. The van der Waals surface area contributed by atoms with Gasteiger partial charge in [-0.15, -0.1) is 0 Å². The minimum absolute atomic E-state index is 0.0139. The van der Waals surface area contributed by atoms with Gasteiger partial charge in [-0.1, -0.05) is 23.7 Å². The number of nitrogens with zero attached hydrogens (tertiary/aromatic N) is 6. The smallest absolute Gasteiger partial charge is 0.248 e. The van der Waals surface area contributed by atoms with E-state index in [9.17, 15) is 14.4 Å². The molecule has 4 heterocycles. The Bertz CT molecular complexity index is 1620. The minimum Gasteiger partial charge on any atom is -0.326 e. The molecule has 1 aliphatic heterocycles. The van der Waals surface area contributed by atoms with Crippen LogP contribution in [0.1, 0.15) is 42.5 Å². The summed E-state index contributed by atoms with van der Waals surface area (Å²) < 4.78 is 1.56. The quantitative estimate of drug-likeness (QED) is 0.287. The largest absolute Gasteiger partial charge is 0.326 e. The van der Waals surface area contributed by atoms with E-state index in [0.29, 0.717) is 28.2 Å². The lowest BCUT2D eigenvalue weighted by Gasteiger charge is -2.34. The van der Waals surface area contributed by atoms with Crippen molar-refractivity contribution in [2.75, 3.05) is 5.32 Å². The van der Waals surface area contributed by atoms with Gasteiger partial charge in [0.25, 0.3) is 0 Å². The van der Waals surface area contributed by atoms with Crippen LogP contribution < -0.4 is 5.32 Å². The van der Waals surface area contributed by atoms with E-state index in [4.69, 9.17) is 11.6 Å². The molecule has 198 valence electrons. The number of likely N-dealkylation sites (tertiary alicyclic amines) is 1. The number of nitrogens with one attached hydrogen (secondary N) is 1. The highest BCUT2D eigenvalue weighted by Gasteiger charge is 2.51. The topological polar surface area (TPSA) is 123 Å². The number of carbonyl (C=O) groups excluding carboxylic acids is 3. The summed E-state index contributed by atoms with van der Waals surface area (Å²) in [4.78, 5) is 53.9. The first-order valence-electron chi connectivity index (χ1n) is 12.8. The summed E-state index contributed by atoms with van der Waals surface area (Å²) in [6.45, 7) is 3.18. The average molecular weight is 544 g/mol. The van der Waals surface area contributed by atoms with Crippen LogP contribution in [0.15, 0.2) is 48.8 Å². The van der Waals surface area contributed by atoms with Gasteiger partial charge in [-0.25, -0.2) is 15.0 Å². The SMILES string of the molecule is CC(=O)c1nn(CC(=O)N2C3CCC(C3)C2C(=O)Nc2cccc(Cl)n2)c2cc(-c3cnc(C)nc3)ccc12. The van der Waals surface area contributed by atoms with E-state index in [1.807, 2.05) is 25.1 Å². The lowest BCUT2D eigenvalue weighted by Crippen LogP contribution is -2.52. The van der Waals surface area contributed by atoms with Gasteiger partial charge in [0.05, 0.1) is 5.52 Å². The number of amides is 2. The molecule has 2 bridgehead atoms. The second-order valence-electron chi connectivity index (χ2n) is 10.1. The zero-order chi connectivity index (χ0) is 27.3. The number of pyridine rings is 1. The molecule has 6 rings (SSSR count). The molecule has 2 amide bonds. The van der Waals surface area contributed by atoms with Gasteiger partial charge in [-0.2, -0.15) is 5.10 Å². The number of aryl methyl sites for hydroxylation is 1. The zero-order valence-corrected chi connectivity index (χ0v) is 22.2. The van der Waals surface area contributed by atoms with Crippen molar-refractivity contribution >= 4 is 45.9 Å². The maximum Gasteiger partial charge on any atom is 0.248 e. The fourth-order valence-corrected chi connectivity index (χ4v) is 6.01. The summed E-state index contributed by atoms with van der Waals surface area (Å²) in [6, 6.07) is 10.0. The molecular weight excluding hydrogens is 518 g/mol. The number of hydrogen-bond acceptors (Lipinski definition) is 7. The first kappa shape index (κ1) is 25.1. The molecule has 11 heteroatoms. The maximum absolute atomic E-state index is 13.8. The summed E-state index contributed by atoms with van der Waals surface area (Å²) in [5.74, 6) is 0.405. The van der Waals surface area contributed by atoms with Gasteiger partial charge in [0.2, 0.25) is 11.8 Å². The molecule has 39 heavy (non-hydrogen) atoms. The number of halogens is 1. The molecule has 1 aromatic carbocycles. The number of aromatic nitrogens is 5. The van der Waals surface area contributed by atoms with Crippen molar-refractivity contribution in [3.63, 3.8) is 0 Å². The molecule has 1 aliphatic carbocycles. The number of piperidine rings is 1. The van der Waals surface area contributed by atoms with Crippen molar-refractivity contribution in [1.29, 1.82) is 0 Å². The van der Waals surface area contributed by atoms with E-state index in [-0.39, 0.29) is 41.3 Å². The molecule has 3 unspecified atom stereocenters. The van der Waals surface area contributed by atoms with Gasteiger partial charge in [-0.05, 0) is 61.9 Å². The van der Waals surface area contributed by atoms with Crippen LogP contribution in [-0.2, 0) is 16.1 Å². The van der Waals surface area contributed by atoms with Crippen LogP contribution in [0.2, 0.25) is 5.15 Å². The van der Waals surface area contributed by atoms with E-state index in [1.54, 1.807) is 40.2 Å². The number of Topliss-reactive ketones (excluding diaryl/α,β-unsaturated/α-hetero) is 1. The van der Waals surface area contributed by atoms with Crippen molar-refractivity contribution in [2.24, 2.45) is 5.92 Å². The highest BCUT2D eigenvalue weighted by atomic mass is 35.5. The Labute approximate surface area is 229 Å². The molecule has 10 nitrogen and oxygen atoms in total. The number of carbonyl (C=O) groups is 3. The first-order valence-corrected chi connectivity index (χ1v) is 13.2. The van der Waals surface area contributed by atoms with E-state index in [1.165, 1.54) is 6.92 Å². The maximum atomic E-state index is 13.8. The number of anilines is 1. The van der Waals surface area contributed by atoms with E-state index in [2.05, 4.69) is 25.4 Å². The average Bonchev–Trinajstić information content (AvgIpc) is 3.62. The predicted molar refractivity (Wildman–Crippen MR) is 145 cm³/mol. The Kier molecular flexibility index (Phi) is 6.34. The number of ketones is 1. The molecule has 2 fully saturated rings. The third kappa shape index (κ3) is 4.65. The van der Waals surface area contributed by atoms with Crippen LogP contribution in [0.25, 0.3) is 22.0 Å². The molecule has 1 saturated carbocycles. The Morgan fingerprint density at radius 2 is 1.87 bits per heavy atom. The Morgan fingerprint density at radius 1 is 1.08 bits per heavy atom. The van der Waals surface area contributed by atoms with Gasteiger partial charge in [0.1, 0.15) is 35.1 Å². The van der Waals surface area contributed by atoms with E-state index in [0.717, 1.165) is 30.4 Å². The Balaban J connectivity index is 1.31. The van der Waals surface area contributed by atoms with Crippen molar-refractivity contribution in [3.8, 4) is 11.1 Å². The third-order valence-corrected chi connectivity index (χ3v) is 7.80. The molecule has 3 atom stereocenters. The van der Waals surface area contributed by atoms with Crippen LogP contribution in [0, 0.1) is 12.8 Å². The lowest BCUT2D eigenvalue weighted by atomic mass is 9.97. The molecule has 2 aliphatic rings. The molecule has 1 saturated heterocycles. The van der Waals surface area contributed by atoms with Crippen molar-refractivity contribution in [1.82, 2.24) is 29.6 Å². The van der Waals surface area contributed by atoms with Crippen molar-refractivity contribution < 1.29 is 14.4 Å². The predicted octanol–water partition coefficient (Wildman–Crippen LogP) is 4.07. The second-order valence-corrected chi connectivity index (χ2v) is 10.5. The standard InChI is InChI=1S/C28H26ClN7O3/c1-15(37)26-21-9-7-17(19-12-30-16(2)31-13-19)11-22(21)35(34-26)14-25(38)36-20-8-6-18(10-20)27(36)28(39)33-24-5-3-4-23(29)32-24/h3-5,7,9,11-13,18,20,27H,6,8,10,14H2,1-2H3,(H,32,33,39). The number of fused-ring (bicyclic) bond motifs is 3. The number of benzene rings is 1. The van der Waals surface area contributed by atoms with Crippen LogP contribution in [0.5, 0.6) is 0 Å². The van der Waals surface area contributed by atoms with Gasteiger partial charge >= 0.3 is 0 Å². The molecule has 4 aromatic rings. The summed E-state index contributed by atoms with van der Waals surface area (Å²) in [7, 11) is 0. The minimum atomic E-state index is -0.605. The Morgan fingerprint density at radius 3 is 2.62 bits per heavy atom. The van der Waals surface area contributed by atoms with E-state index >= 15 is 0 Å². The summed E-state index contributed by atoms with van der Waals surface area (Å²) >= 11 is 5.98. The van der Waals surface area contributed by atoms with E-state index < -0.39 is 6.04 Å². The summed E-state index contributed by atoms with van der Waals surface area (Å²) in [6.07, 6.45) is 5.99. The number of hydrogen-bond donors (Lipinski definition) is 1. The van der Waals surface area contributed by atoms with Crippen molar-refractivity contribution in [2.45, 2.75) is 51.7 Å². The Hall–Kier alpha value is -4.18. The molecule has 3 aromatic heterocycles. The van der Waals surface area contributed by atoms with Crippen LogP contribution in [0.4, 0.5) is 5.82 Å². The number of rotatable bonds is 6. The summed E-state index contributed by atoms with van der Waals surface area (Å²) in [5, 5.41) is 8.29. The van der Waals surface area contributed by atoms with Crippen LogP contribution >= 0.6 is 11.6 Å². The van der Waals surface area contributed by atoms with Gasteiger partial charge in [0.15, 0.2) is 5.78 Å². The van der Waals surface area contributed by atoms with Crippen LogP contribution in [0.3, 0.4) is 0 Å². The highest BCUT2D eigenvalue weighted by Crippen LogP contribution is 2.43. The molecule has 1 N–H and O–H groups in total. The normalized spacial score (nSPS) is 20.0. The van der Waals surface area contributed by atoms with Gasteiger partial charge in [0, 0.05) is 36.3 Å². The fourth-order valence-electron chi connectivity index (χ4n) is 5.85. The monoisotopic (exact) mass is 543 g/mol. The second kappa shape index (κ2) is 9.85. The fraction of sp³-hybridized carbons (Fsp3) is 0.321. The van der Waals surface area contributed by atoms with Crippen LogP contribution in [-0.4, -0.2) is 59.3 Å². The highest BCUT2D eigenvalue weighted by molar-refractivity contribution is 6.29. The molecule has 0 spiro atoms. The van der Waals surface area contributed by atoms with Gasteiger partial charge < -0.3 is 10.2 Å². The molecule has 0 radical (unpaired) electrons. The summed E-state index contributed by atoms with van der Waals surface area (Å²) in [5.41, 5.74) is 2.61. The lowest BCUT2D eigenvalue weighted by molar-refractivity contribution is -0.141. The molecular formula is C28H26ClN7O3. The zero-order valence-electron chi connectivity index (χ0n) is 21.5. The van der Waals surface area contributed by atoms with Crippen molar-refractivity contribution in [3.05, 3.63) is 65.5 Å².